The van der Waals surface area contributed by atoms with E-state index >= 15 is 0 Å². The van der Waals surface area contributed by atoms with Crippen molar-refractivity contribution in [2.75, 3.05) is 0 Å². The molecular formula is C27H19BrO. The smallest absolute Gasteiger partial charge is 0.228 e. The fraction of sp³-hybridized carbons (Fsp3) is 0. The van der Waals surface area contributed by atoms with Gasteiger partial charge in [0.2, 0.25) is 4.69 Å². The number of carbonyl (C=O) groups excluding carboxylic acids is 1. The molecule has 4 aromatic rings. The predicted octanol–water partition coefficient (Wildman–Crippen LogP) is 7.23. The van der Waals surface area contributed by atoms with E-state index in [-0.39, 0.29) is 4.69 Å². The molecule has 0 bridgehead atoms. The molecular weight excluding hydrogens is 420 g/mol. The average Bonchev–Trinajstić information content (AvgIpc) is 2.79. The van der Waals surface area contributed by atoms with Gasteiger partial charge in [0.25, 0.3) is 0 Å². The monoisotopic (exact) mass is 438 g/mol. The zero-order valence-corrected chi connectivity index (χ0v) is 17.3. The lowest BCUT2D eigenvalue weighted by Gasteiger charge is -2.18. The third-order valence-electron chi connectivity index (χ3n) is 4.84. The molecule has 4 aromatic carbocycles. The molecule has 0 aliphatic carbocycles. The van der Waals surface area contributed by atoms with Gasteiger partial charge in [-0.05, 0) is 61.5 Å². The Hall–Kier alpha value is -3.23. The van der Waals surface area contributed by atoms with Crippen LogP contribution in [-0.2, 0) is 0 Å². The molecule has 29 heavy (non-hydrogen) atoms. The van der Waals surface area contributed by atoms with E-state index in [1.54, 1.807) is 0 Å². The van der Waals surface area contributed by atoms with Gasteiger partial charge in [0.1, 0.15) is 0 Å². The Morgan fingerprint density at radius 3 is 1.00 bits per heavy atom. The number of benzene rings is 4. The lowest BCUT2D eigenvalue weighted by Crippen LogP contribution is -1.98. The maximum absolute atomic E-state index is 11.7. The molecule has 0 saturated heterocycles. The Morgan fingerprint density at radius 1 is 0.414 bits per heavy atom. The van der Waals surface area contributed by atoms with Crippen LogP contribution in [0, 0.1) is 0 Å². The lowest BCUT2D eigenvalue weighted by atomic mass is 9.85. The van der Waals surface area contributed by atoms with Crippen molar-refractivity contribution in [2.45, 2.75) is 0 Å². The van der Waals surface area contributed by atoms with Gasteiger partial charge in [-0.15, -0.1) is 0 Å². The first kappa shape index (κ1) is 19.1. The Morgan fingerprint density at radius 2 is 0.690 bits per heavy atom. The number of halogens is 1. The zero-order chi connectivity index (χ0) is 20.1. The maximum Gasteiger partial charge on any atom is 0.228 e. The topological polar surface area (TPSA) is 17.1 Å². The molecule has 0 radical (unpaired) electrons. The Balaban J connectivity index is 2.05. The summed E-state index contributed by atoms with van der Waals surface area (Å²) in [5.74, 6) is 0. The van der Waals surface area contributed by atoms with Gasteiger partial charge in [-0.3, -0.25) is 4.79 Å². The second-order valence-corrected chi connectivity index (χ2v) is 7.42. The van der Waals surface area contributed by atoms with Gasteiger partial charge in [-0.25, -0.2) is 0 Å². The van der Waals surface area contributed by atoms with Crippen LogP contribution < -0.4 is 0 Å². The van der Waals surface area contributed by atoms with Crippen molar-refractivity contribution in [3.8, 4) is 0 Å². The summed E-state index contributed by atoms with van der Waals surface area (Å²) in [5.41, 5.74) is 7.44. The molecule has 1 nitrogen and oxygen atoms in total. The average molecular weight is 439 g/mol. The van der Waals surface area contributed by atoms with Crippen molar-refractivity contribution in [2.24, 2.45) is 0 Å². The van der Waals surface area contributed by atoms with E-state index in [9.17, 15) is 4.79 Å². The highest BCUT2D eigenvalue weighted by Gasteiger charge is 2.16. The highest BCUT2D eigenvalue weighted by molar-refractivity contribution is 9.18. The van der Waals surface area contributed by atoms with Gasteiger partial charge >= 0.3 is 0 Å². The second kappa shape index (κ2) is 8.85. The van der Waals surface area contributed by atoms with Gasteiger partial charge in [0.05, 0.1) is 0 Å². The van der Waals surface area contributed by atoms with Crippen LogP contribution in [-0.4, -0.2) is 4.69 Å². The SMILES string of the molecule is O=C(Br)c1ccc(C(=C(c2ccccc2)c2ccccc2)c2ccccc2)cc1. The van der Waals surface area contributed by atoms with Crippen LogP contribution in [0.25, 0.3) is 11.1 Å². The molecule has 0 fully saturated rings. The molecule has 4 rings (SSSR count). The van der Waals surface area contributed by atoms with E-state index in [4.69, 9.17) is 0 Å². The maximum atomic E-state index is 11.7. The van der Waals surface area contributed by atoms with Crippen molar-refractivity contribution in [3.05, 3.63) is 143 Å². The minimum absolute atomic E-state index is 0.111. The Labute approximate surface area is 179 Å². The fourth-order valence-electron chi connectivity index (χ4n) is 3.49. The van der Waals surface area contributed by atoms with Crippen LogP contribution in [0.5, 0.6) is 0 Å². The summed E-state index contributed by atoms with van der Waals surface area (Å²) < 4.78 is -0.111. The highest BCUT2D eigenvalue weighted by Crippen LogP contribution is 2.36. The zero-order valence-electron chi connectivity index (χ0n) is 15.8. The summed E-state index contributed by atoms with van der Waals surface area (Å²) in [6, 6.07) is 39.0. The number of carbonyl (C=O) groups is 1. The molecule has 140 valence electrons. The number of hydrogen-bond acceptors (Lipinski definition) is 1. The normalized spacial score (nSPS) is 10.4. The standard InChI is InChI=1S/C27H19BrO/c28-27(29)24-18-16-23(17-19-24)26(22-14-8-3-9-15-22)25(20-10-4-1-5-11-20)21-12-6-2-7-13-21/h1-19H. The van der Waals surface area contributed by atoms with Gasteiger partial charge in [0.15, 0.2) is 0 Å². The molecule has 0 atom stereocenters. The van der Waals surface area contributed by atoms with E-state index in [1.165, 1.54) is 0 Å². The van der Waals surface area contributed by atoms with Crippen LogP contribution in [0.1, 0.15) is 32.6 Å². The van der Waals surface area contributed by atoms with Gasteiger partial charge in [-0.2, -0.15) is 0 Å². The van der Waals surface area contributed by atoms with E-state index in [1.807, 2.05) is 42.5 Å². The van der Waals surface area contributed by atoms with Crippen LogP contribution >= 0.6 is 15.9 Å². The van der Waals surface area contributed by atoms with E-state index in [0.717, 1.165) is 33.4 Å². The highest BCUT2D eigenvalue weighted by atomic mass is 79.9. The van der Waals surface area contributed by atoms with Crippen LogP contribution in [0.3, 0.4) is 0 Å². The molecule has 0 N–H and O–H groups in total. The van der Waals surface area contributed by atoms with Crippen molar-refractivity contribution in [1.29, 1.82) is 0 Å². The van der Waals surface area contributed by atoms with Gasteiger partial charge in [-0.1, -0.05) is 103 Å². The quantitative estimate of drug-likeness (QED) is 0.237. The van der Waals surface area contributed by atoms with E-state index < -0.39 is 0 Å². The predicted molar refractivity (Wildman–Crippen MR) is 124 cm³/mol. The second-order valence-electron chi connectivity index (χ2n) is 6.70. The van der Waals surface area contributed by atoms with E-state index in [2.05, 4.69) is 88.7 Å². The summed E-state index contributed by atoms with van der Waals surface area (Å²) in [7, 11) is 0. The molecule has 2 heteroatoms. The molecule has 0 aliphatic rings. The largest absolute Gasteiger partial charge is 0.281 e. The first-order valence-corrected chi connectivity index (χ1v) is 10.2. The molecule has 0 aromatic heterocycles. The first-order valence-electron chi connectivity index (χ1n) is 9.45. The van der Waals surface area contributed by atoms with Crippen molar-refractivity contribution in [1.82, 2.24) is 0 Å². The Bertz CT molecular complexity index is 1090. The molecule has 0 amide bonds. The van der Waals surface area contributed by atoms with Crippen molar-refractivity contribution < 1.29 is 4.79 Å². The minimum Gasteiger partial charge on any atom is -0.281 e. The van der Waals surface area contributed by atoms with Crippen LogP contribution in [0.15, 0.2) is 115 Å². The summed E-state index contributed by atoms with van der Waals surface area (Å²) in [6.45, 7) is 0. The first-order chi connectivity index (χ1) is 14.2. The molecule has 0 spiro atoms. The van der Waals surface area contributed by atoms with Crippen LogP contribution in [0.4, 0.5) is 0 Å². The number of rotatable bonds is 5. The van der Waals surface area contributed by atoms with Gasteiger partial charge in [0, 0.05) is 5.56 Å². The van der Waals surface area contributed by atoms with Crippen molar-refractivity contribution in [3.63, 3.8) is 0 Å². The number of hydrogen-bond donors (Lipinski definition) is 0. The summed E-state index contributed by atoms with van der Waals surface area (Å²) in [6.07, 6.45) is 0. The van der Waals surface area contributed by atoms with E-state index in [0.29, 0.717) is 5.56 Å². The summed E-state index contributed by atoms with van der Waals surface area (Å²) in [5, 5.41) is 0. The van der Waals surface area contributed by atoms with Crippen molar-refractivity contribution >= 4 is 31.8 Å². The third kappa shape index (κ3) is 4.28. The molecule has 0 heterocycles. The fourth-order valence-corrected chi connectivity index (χ4v) is 3.76. The third-order valence-corrected chi connectivity index (χ3v) is 5.30. The lowest BCUT2D eigenvalue weighted by molar-refractivity contribution is 0.109. The molecule has 0 saturated carbocycles. The minimum atomic E-state index is -0.111. The molecule has 0 unspecified atom stereocenters. The summed E-state index contributed by atoms with van der Waals surface area (Å²) in [4.78, 5) is 11.7. The Kier molecular flexibility index (Phi) is 5.83. The van der Waals surface area contributed by atoms with Gasteiger partial charge < -0.3 is 0 Å². The van der Waals surface area contributed by atoms with Crippen LogP contribution in [0.2, 0.25) is 0 Å². The summed E-state index contributed by atoms with van der Waals surface area (Å²) >= 11 is 3.04. The molecule has 0 aliphatic heterocycles.